The number of anilines is 2. The van der Waals surface area contributed by atoms with Crippen molar-refractivity contribution in [3.05, 3.63) is 125 Å². The average Bonchev–Trinajstić information content (AvgIpc) is 2.82. The monoisotopic (exact) mass is 521 g/mol. The summed E-state index contributed by atoms with van der Waals surface area (Å²) in [5.41, 5.74) is 3.10. The summed E-state index contributed by atoms with van der Waals surface area (Å²) in [4.78, 5) is 25.5. The van der Waals surface area contributed by atoms with Gasteiger partial charge in [0.15, 0.2) is 18.9 Å². The minimum Gasteiger partial charge on any atom is -1.00 e. The van der Waals surface area contributed by atoms with Gasteiger partial charge in [-0.15, -0.1) is 0 Å². The van der Waals surface area contributed by atoms with E-state index in [0.29, 0.717) is 27.5 Å². The fraction of sp³-hybridized carbons (Fsp3) is 0.0385. The number of aromatic nitrogens is 1. The van der Waals surface area contributed by atoms with E-state index in [1.165, 1.54) is 5.56 Å². The molecule has 166 valence electrons. The molecular weight excluding hydrogens is 502 g/mol. The first-order valence-corrected chi connectivity index (χ1v) is 10.5. The third-order valence-electron chi connectivity index (χ3n) is 4.88. The summed E-state index contributed by atoms with van der Waals surface area (Å²) in [7, 11) is 0. The molecule has 0 aliphatic rings. The second-order valence-electron chi connectivity index (χ2n) is 7.21. The third kappa shape index (κ3) is 6.51. The molecule has 4 rings (SSSR count). The molecule has 0 aliphatic heterocycles. The Hall–Kier alpha value is -3.48. The van der Waals surface area contributed by atoms with Crippen LogP contribution in [-0.2, 0) is 6.54 Å². The van der Waals surface area contributed by atoms with Gasteiger partial charge in [0, 0.05) is 28.4 Å². The van der Waals surface area contributed by atoms with Gasteiger partial charge in [0.2, 0.25) is 0 Å². The molecule has 3 aromatic carbocycles. The van der Waals surface area contributed by atoms with E-state index in [9.17, 15) is 9.59 Å². The molecule has 0 saturated carbocycles. The molecule has 0 unspecified atom stereocenters. The highest BCUT2D eigenvalue weighted by molar-refractivity contribution is 6.30. The number of hydrogen-bond acceptors (Lipinski definition) is 2. The second-order valence-corrected chi connectivity index (χ2v) is 7.64. The van der Waals surface area contributed by atoms with Crippen LogP contribution in [0.4, 0.5) is 11.4 Å². The zero-order valence-electron chi connectivity index (χ0n) is 17.5. The predicted molar refractivity (Wildman–Crippen MR) is 126 cm³/mol. The van der Waals surface area contributed by atoms with Crippen LogP contribution in [0.3, 0.4) is 0 Å². The maximum Gasteiger partial charge on any atom is 0.257 e. The molecule has 0 saturated heterocycles. The molecular formula is C26H21BrClN3O2. The summed E-state index contributed by atoms with van der Waals surface area (Å²) in [6, 6.07) is 27.3. The van der Waals surface area contributed by atoms with Crippen LogP contribution in [0, 0.1) is 0 Å². The molecule has 4 aromatic rings. The van der Waals surface area contributed by atoms with E-state index >= 15 is 0 Å². The van der Waals surface area contributed by atoms with Gasteiger partial charge in [0.1, 0.15) is 0 Å². The largest absolute Gasteiger partial charge is 1.00 e. The summed E-state index contributed by atoms with van der Waals surface area (Å²) in [5, 5.41) is 6.25. The van der Waals surface area contributed by atoms with Gasteiger partial charge >= 0.3 is 0 Å². The van der Waals surface area contributed by atoms with Gasteiger partial charge in [0.05, 0.1) is 16.8 Å². The quantitative estimate of drug-likeness (QED) is 0.382. The van der Waals surface area contributed by atoms with Gasteiger partial charge in [-0.3, -0.25) is 9.59 Å². The second kappa shape index (κ2) is 11.4. The lowest BCUT2D eigenvalue weighted by Gasteiger charge is -2.11. The molecule has 5 nitrogen and oxygen atoms in total. The van der Waals surface area contributed by atoms with Gasteiger partial charge < -0.3 is 27.6 Å². The summed E-state index contributed by atoms with van der Waals surface area (Å²) < 4.78 is 2.00. The fourth-order valence-electron chi connectivity index (χ4n) is 3.22. The standard InChI is InChI=1S/C26H20ClN3O2.BrH/c27-21-10-12-22(13-11-21)28-26(32)23-8-4-5-9-24(23)29-25(31)20-14-16-30(17-15-20)18-19-6-2-1-3-7-19;/h1-17H,18H2,(H-,28,29,31,32);1H. The highest BCUT2D eigenvalue weighted by Crippen LogP contribution is 2.19. The fourth-order valence-corrected chi connectivity index (χ4v) is 3.35. The predicted octanol–water partition coefficient (Wildman–Crippen LogP) is 2.18. The minimum absolute atomic E-state index is 0. The summed E-state index contributed by atoms with van der Waals surface area (Å²) in [6.07, 6.45) is 3.72. The highest BCUT2D eigenvalue weighted by Gasteiger charge is 2.15. The van der Waals surface area contributed by atoms with Crippen molar-refractivity contribution >= 4 is 34.8 Å². The molecule has 7 heteroatoms. The zero-order chi connectivity index (χ0) is 22.3. The molecule has 1 heterocycles. The SMILES string of the molecule is O=C(Nc1ccccc1C(=O)Nc1ccc(Cl)cc1)c1cc[n+](Cc2ccccc2)cc1.[Br-]. The molecule has 2 N–H and O–H groups in total. The van der Waals surface area contributed by atoms with Crippen molar-refractivity contribution in [1.29, 1.82) is 0 Å². The Morgan fingerprint density at radius 1 is 0.727 bits per heavy atom. The number of para-hydroxylation sites is 1. The number of pyridine rings is 1. The molecule has 1 aromatic heterocycles. The van der Waals surface area contributed by atoms with Crippen molar-refractivity contribution in [3.63, 3.8) is 0 Å². The summed E-state index contributed by atoms with van der Waals surface area (Å²) in [6.45, 7) is 0.719. The molecule has 2 amide bonds. The van der Waals surface area contributed by atoms with Crippen molar-refractivity contribution in [2.24, 2.45) is 0 Å². The Kier molecular flexibility index (Phi) is 8.35. The molecule has 0 bridgehead atoms. The molecule has 33 heavy (non-hydrogen) atoms. The number of nitrogens with zero attached hydrogens (tertiary/aromatic N) is 1. The summed E-state index contributed by atoms with van der Waals surface area (Å²) in [5.74, 6) is -0.611. The Bertz CT molecular complexity index is 1230. The highest BCUT2D eigenvalue weighted by atomic mass is 79.9. The number of benzene rings is 3. The van der Waals surface area contributed by atoms with Crippen LogP contribution in [0.2, 0.25) is 5.02 Å². The van der Waals surface area contributed by atoms with Gasteiger partial charge in [-0.2, -0.15) is 0 Å². The Labute approximate surface area is 207 Å². The lowest BCUT2D eigenvalue weighted by Crippen LogP contribution is -3.00. The molecule has 0 spiro atoms. The molecule has 0 aliphatic carbocycles. The van der Waals surface area contributed by atoms with E-state index in [1.54, 1.807) is 60.7 Å². The van der Waals surface area contributed by atoms with Crippen LogP contribution in [0.15, 0.2) is 103 Å². The first-order valence-electron chi connectivity index (χ1n) is 10.1. The van der Waals surface area contributed by atoms with Crippen molar-refractivity contribution < 1.29 is 31.1 Å². The van der Waals surface area contributed by atoms with Crippen LogP contribution in [0.5, 0.6) is 0 Å². The lowest BCUT2D eigenvalue weighted by molar-refractivity contribution is -0.688. The van der Waals surface area contributed by atoms with E-state index in [4.69, 9.17) is 11.6 Å². The van der Waals surface area contributed by atoms with Crippen LogP contribution < -0.4 is 32.2 Å². The number of hydrogen-bond donors (Lipinski definition) is 2. The lowest BCUT2D eigenvalue weighted by atomic mass is 10.1. The molecule has 0 radical (unpaired) electrons. The van der Waals surface area contributed by atoms with E-state index in [2.05, 4.69) is 22.8 Å². The first kappa shape index (κ1) is 24.2. The van der Waals surface area contributed by atoms with Crippen LogP contribution in [-0.4, -0.2) is 11.8 Å². The van der Waals surface area contributed by atoms with Crippen LogP contribution >= 0.6 is 11.6 Å². The number of nitrogens with one attached hydrogen (secondary N) is 2. The van der Waals surface area contributed by atoms with Crippen molar-refractivity contribution in [1.82, 2.24) is 0 Å². The Morgan fingerprint density at radius 3 is 2.06 bits per heavy atom. The maximum absolute atomic E-state index is 12.8. The number of amides is 2. The van der Waals surface area contributed by atoms with Gasteiger partial charge in [-0.1, -0.05) is 54.1 Å². The zero-order valence-corrected chi connectivity index (χ0v) is 19.9. The van der Waals surface area contributed by atoms with Crippen molar-refractivity contribution in [2.75, 3.05) is 10.6 Å². The van der Waals surface area contributed by atoms with Crippen molar-refractivity contribution in [3.8, 4) is 0 Å². The third-order valence-corrected chi connectivity index (χ3v) is 5.14. The van der Waals surface area contributed by atoms with Gasteiger partial charge in [-0.05, 0) is 36.4 Å². The Balaban J connectivity index is 0.00000306. The van der Waals surface area contributed by atoms with Crippen LogP contribution in [0.1, 0.15) is 26.3 Å². The average molecular weight is 523 g/mol. The van der Waals surface area contributed by atoms with E-state index in [1.807, 2.05) is 35.2 Å². The molecule has 0 fully saturated rings. The van der Waals surface area contributed by atoms with Crippen LogP contribution in [0.25, 0.3) is 0 Å². The molecule has 0 atom stereocenters. The smallest absolute Gasteiger partial charge is 0.257 e. The number of carbonyl (C=O) groups excluding carboxylic acids is 2. The van der Waals surface area contributed by atoms with Crippen molar-refractivity contribution in [2.45, 2.75) is 6.54 Å². The van der Waals surface area contributed by atoms with E-state index < -0.39 is 0 Å². The normalized spacial score (nSPS) is 10.1. The maximum atomic E-state index is 12.8. The summed E-state index contributed by atoms with van der Waals surface area (Å²) >= 11 is 5.89. The number of carbonyl (C=O) groups is 2. The van der Waals surface area contributed by atoms with Gasteiger partial charge in [0.25, 0.3) is 11.8 Å². The van der Waals surface area contributed by atoms with Gasteiger partial charge in [-0.25, -0.2) is 4.57 Å². The number of halogens is 2. The Morgan fingerprint density at radius 2 is 1.36 bits per heavy atom. The van der Waals surface area contributed by atoms with E-state index in [-0.39, 0.29) is 28.8 Å². The topological polar surface area (TPSA) is 62.1 Å². The minimum atomic E-state index is -0.322. The first-order chi connectivity index (χ1) is 15.6. The van der Waals surface area contributed by atoms with E-state index in [0.717, 1.165) is 6.54 Å². The number of rotatable bonds is 6.